The van der Waals surface area contributed by atoms with E-state index in [2.05, 4.69) is 26.2 Å². The molecular formula is C18H15ClN4O3. The molecule has 1 aliphatic carbocycles. The van der Waals surface area contributed by atoms with E-state index in [4.69, 9.17) is 16.3 Å². The first-order valence-corrected chi connectivity index (χ1v) is 8.44. The Morgan fingerprint density at radius 3 is 2.81 bits per heavy atom. The van der Waals surface area contributed by atoms with Crippen LogP contribution in [0.3, 0.4) is 0 Å². The third kappa shape index (κ3) is 3.01. The Balaban J connectivity index is 1.68. The van der Waals surface area contributed by atoms with Crippen LogP contribution in [0.4, 0.5) is 0 Å². The fourth-order valence-electron chi connectivity index (χ4n) is 3.16. The van der Waals surface area contributed by atoms with Gasteiger partial charge in [0, 0.05) is 6.20 Å². The van der Waals surface area contributed by atoms with Gasteiger partial charge in [0.2, 0.25) is 0 Å². The predicted octanol–water partition coefficient (Wildman–Crippen LogP) is 2.45. The first kappa shape index (κ1) is 16.5. The number of methoxy groups -OCH3 is 1. The number of rotatable bonds is 4. The van der Waals surface area contributed by atoms with Crippen molar-refractivity contribution < 1.29 is 4.74 Å². The van der Waals surface area contributed by atoms with E-state index >= 15 is 0 Å². The monoisotopic (exact) mass is 370 g/mol. The minimum absolute atomic E-state index is 0.200. The number of benzene rings is 1. The Morgan fingerprint density at radius 1 is 1.19 bits per heavy atom. The molecule has 4 rings (SSSR count). The average Bonchev–Trinajstić information content (AvgIpc) is 3.43. The van der Waals surface area contributed by atoms with E-state index in [-0.39, 0.29) is 11.5 Å². The van der Waals surface area contributed by atoms with E-state index in [9.17, 15) is 9.59 Å². The van der Waals surface area contributed by atoms with Crippen molar-refractivity contribution in [2.24, 2.45) is 0 Å². The fraction of sp³-hybridized carbons (Fsp3) is 0.222. The first-order chi connectivity index (χ1) is 12.6. The molecule has 1 fully saturated rings. The quantitative estimate of drug-likeness (QED) is 0.734. The van der Waals surface area contributed by atoms with E-state index in [0.29, 0.717) is 16.8 Å². The van der Waals surface area contributed by atoms with E-state index in [1.165, 1.54) is 11.8 Å². The number of aromatic nitrogens is 4. The van der Waals surface area contributed by atoms with Gasteiger partial charge in [0.05, 0.1) is 12.7 Å². The summed E-state index contributed by atoms with van der Waals surface area (Å²) in [5.74, 6) is 1.33. The fourth-order valence-corrected chi connectivity index (χ4v) is 3.39. The lowest BCUT2D eigenvalue weighted by Crippen LogP contribution is -2.23. The molecule has 132 valence electrons. The van der Waals surface area contributed by atoms with E-state index in [1.807, 2.05) is 18.2 Å². The maximum atomic E-state index is 12.0. The molecule has 3 aromatic rings. The highest BCUT2D eigenvalue weighted by molar-refractivity contribution is 6.30. The molecule has 0 spiro atoms. The average molecular weight is 371 g/mol. The highest BCUT2D eigenvalue weighted by Gasteiger charge is 2.41. The van der Waals surface area contributed by atoms with Crippen LogP contribution in [0.2, 0.25) is 5.15 Å². The Kier molecular flexibility index (Phi) is 4.08. The van der Waals surface area contributed by atoms with E-state index < -0.39 is 11.2 Å². The molecule has 0 aliphatic heterocycles. The van der Waals surface area contributed by atoms with Crippen molar-refractivity contribution in [3.05, 3.63) is 73.6 Å². The molecule has 7 nitrogen and oxygen atoms in total. The molecule has 0 bridgehead atoms. The highest BCUT2D eigenvalue weighted by Crippen LogP contribution is 2.56. The van der Waals surface area contributed by atoms with Gasteiger partial charge in [0.15, 0.2) is 5.15 Å². The Morgan fingerprint density at radius 2 is 2.04 bits per heavy atom. The van der Waals surface area contributed by atoms with E-state index in [1.54, 1.807) is 13.2 Å². The van der Waals surface area contributed by atoms with Crippen LogP contribution in [-0.4, -0.2) is 27.3 Å². The molecule has 0 radical (unpaired) electrons. The lowest BCUT2D eigenvalue weighted by Gasteiger charge is -2.07. The number of nitrogens with zero attached hydrogens (tertiary/aromatic N) is 2. The van der Waals surface area contributed by atoms with Gasteiger partial charge in [-0.05, 0) is 47.6 Å². The zero-order chi connectivity index (χ0) is 18.3. The summed E-state index contributed by atoms with van der Waals surface area (Å²) in [7, 11) is 1.64. The van der Waals surface area contributed by atoms with Crippen LogP contribution in [0, 0.1) is 0 Å². The molecular weight excluding hydrogens is 356 g/mol. The van der Waals surface area contributed by atoms with Crippen molar-refractivity contribution >= 4 is 11.6 Å². The molecule has 0 saturated heterocycles. The van der Waals surface area contributed by atoms with Crippen LogP contribution in [0.1, 0.15) is 29.4 Å². The standard InChI is InChI=1S/C18H15ClN4O3/c1-26-10-4-2-3-9(5-10)11-6-12(11)13-7-15(22-23-16(13)19)14-8-20-18(25)21-17(14)24/h2-5,7-8,11-12H,6H2,1H3,(H2,20,21,24,25). The van der Waals surface area contributed by atoms with Crippen LogP contribution < -0.4 is 16.0 Å². The van der Waals surface area contributed by atoms with Gasteiger partial charge in [0.25, 0.3) is 5.56 Å². The summed E-state index contributed by atoms with van der Waals surface area (Å²) < 4.78 is 5.28. The van der Waals surface area contributed by atoms with Crippen molar-refractivity contribution in [1.82, 2.24) is 20.2 Å². The third-order valence-corrected chi connectivity index (χ3v) is 4.88. The summed E-state index contributed by atoms with van der Waals surface area (Å²) in [4.78, 5) is 27.8. The summed E-state index contributed by atoms with van der Waals surface area (Å²) >= 11 is 6.25. The van der Waals surface area contributed by atoms with Gasteiger partial charge in [-0.1, -0.05) is 23.7 Å². The summed E-state index contributed by atoms with van der Waals surface area (Å²) in [6.07, 6.45) is 2.26. The number of hydrogen-bond acceptors (Lipinski definition) is 5. The maximum Gasteiger partial charge on any atom is 0.325 e. The summed E-state index contributed by atoms with van der Waals surface area (Å²) in [5.41, 5.74) is 1.55. The maximum absolute atomic E-state index is 12.0. The first-order valence-electron chi connectivity index (χ1n) is 8.06. The Hall–Kier alpha value is -2.93. The SMILES string of the molecule is COc1cccc(C2CC2c2cc(-c3c[nH]c(=O)[nH]c3=O)nnc2Cl)c1. The Bertz CT molecular complexity index is 1090. The molecule has 2 N–H and O–H groups in total. The minimum atomic E-state index is -0.568. The lowest BCUT2D eigenvalue weighted by atomic mass is 10.0. The van der Waals surface area contributed by atoms with Gasteiger partial charge in [0.1, 0.15) is 11.4 Å². The van der Waals surface area contributed by atoms with Crippen LogP contribution >= 0.6 is 11.6 Å². The van der Waals surface area contributed by atoms with Crippen molar-refractivity contribution in [2.75, 3.05) is 7.11 Å². The van der Waals surface area contributed by atoms with E-state index in [0.717, 1.165) is 17.7 Å². The molecule has 2 aromatic heterocycles. The van der Waals surface area contributed by atoms with Gasteiger partial charge in [-0.3, -0.25) is 9.78 Å². The number of H-pyrrole nitrogens is 2. The summed E-state index contributed by atoms with van der Waals surface area (Å²) in [5, 5.41) is 8.30. The smallest absolute Gasteiger partial charge is 0.325 e. The second kappa shape index (κ2) is 6.42. The van der Waals surface area contributed by atoms with Gasteiger partial charge < -0.3 is 9.72 Å². The highest BCUT2D eigenvalue weighted by atomic mass is 35.5. The van der Waals surface area contributed by atoms with Crippen LogP contribution in [-0.2, 0) is 0 Å². The number of aromatic amines is 2. The van der Waals surface area contributed by atoms with Gasteiger partial charge in [-0.2, -0.15) is 0 Å². The summed E-state index contributed by atoms with van der Waals surface area (Å²) in [6.45, 7) is 0. The summed E-state index contributed by atoms with van der Waals surface area (Å²) in [6, 6.07) is 9.71. The normalized spacial score (nSPS) is 18.5. The molecule has 2 heterocycles. The second-order valence-electron chi connectivity index (χ2n) is 6.19. The zero-order valence-corrected chi connectivity index (χ0v) is 14.6. The molecule has 2 atom stereocenters. The van der Waals surface area contributed by atoms with Gasteiger partial charge in [-0.25, -0.2) is 4.79 Å². The molecule has 1 aliphatic rings. The third-order valence-electron chi connectivity index (χ3n) is 4.58. The number of halogens is 1. The molecule has 0 amide bonds. The van der Waals surface area contributed by atoms with Crippen molar-refractivity contribution in [2.45, 2.75) is 18.3 Å². The van der Waals surface area contributed by atoms with Crippen molar-refractivity contribution in [3.63, 3.8) is 0 Å². The van der Waals surface area contributed by atoms with Crippen molar-refractivity contribution in [3.8, 4) is 17.0 Å². The van der Waals surface area contributed by atoms with Crippen LogP contribution in [0.15, 0.2) is 46.1 Å². The topological polar surface area (TPSA) is 101 Å². The second-order valence-corrected chi connectivity index (χ2v) is 6.54. The molecule has 2 unspecified atom stereocenters. The number of ether oxygens (including phenoxy) is 1. The van der Waals surface area contributed by atoms with Crippen LogP contribution in [0.25, 0.3) is 11.3 Å². The van der Waals surface area contributed by atoms with Gasteiger partial charge in [-0.15, -0.1) is 10.2 Å². The Labute approximate surface area is 153 Å². The lowest BCUT2D eigenvalue weighted by molar-refractivity contribution is 0.414. The molecule has 8 heteroatoms. The zero-order valence-electron chi connectivity index (χ0n) is 13.8. The minimum Gasteiger partial charge on any atom is -0.497 e. The largest absolute Gasteiger partial charge is 0.497 e. The van der Waals surface area contributed by atoms with Crippen LogP contribution in [0.5, 0.6) is 5.75 Å². The molecule has 1 saturated carbocycles. The number of hydrogen-bond donors (Lipinski definition) is 2. The molecule has 26 heavy (non-hydrogen) atoms. The number of nitrogens with one attached hydrogen (secondary N) is 2. The molecule has 1 aromatic carbocycles. The van der Waals surface area contributed by atoms with Crippen molar-refractivity contribution in [1.29, 1.82) is 0 Å². The van der Waals surface area contributed by atoms with Gasteiger partial charge >= 0.3 is 5.69 Å². The predicted molar refractivity (Wildman–Crippen MR) is 96.8 cm³/mol.